The monoisotopic (exact) mass is 175 g/mol. The first kappa shape index (κ1) is 16.4. The van der Waals surface area contributed by atoms with Crippen molar-refractivity contribution in [2.45, 2.75) is 13.8 Å². The molecule has 0 aromatic heterocycles. The van der Waals surface area contributed by atoms with Gasteiger partial charge in [-0.15, -0.1) is 0 Å². The van der Waals surface area contributed by atoms with Crippen LogP contribution < -0.4 is 5.90 Å². The van der Waals surface area contributed by atoms with Crippen molar-refractivity contribution in [3.63, 3.8) is 0 Å². The second-order valence-electron chi connectivity index (χ2n) is 0.594. The Morgan fingerprint density at radius 2 is 1.40 bits per heavy atom. The minimum absolute atomic E-state index is 0.870. The average Bonchev–Trinajstić information content (AvgIpc) is 1.95. The quantitative estimate of drug-likeness (QED) is 0.376. The van der Waals surface area contributed by atoms with Crippen LogP contribution in [-0.2, 0) is 14.6 Å². The highest BCUT2D eigenvalue weighted by molar-refractivity contribution is 7.80. The van der Waals surface area contributed by atoms with Gasteiger partial charge in [-0.3, -0.25) is 8.74 Å². The standard InChI is InChI=1S/C2H6.CH4O4S.H3NO/c1-2;1-5-6(2,3)4;1-2/h1-2H3;1H3,(H,2,3,4);2H,1H2. The van der Waals surface area contributed by atoms with Crippen LogP contribution in [0.25, 0.3) is 0 Å². The fourth-order valence-electron chi connectivity index (χ4n) is 0. The van der Waals surface area contributed by atoms with E-state index in [9.17, 15) is 8.42 Å². The summed E-state index contributed by atoms with van der Waals surface area (Å²) in [6, 6.07) is 0. The summed E-state index contributed by atoms with van der Waals surface area (Å²) in [5.41, 5.74) is 0. The van der Waals surface area contributed by atoms with Crippen molar-refractivity contribution in [2.75, 3.05) is 7.11 Å². The largest absolute Gasteiger partial charge is 0.397 e. The normalized spacial score (nSPS) is 8.20. The summed E-state index contributed by atoms with van der Waals surface area (Å²) >= 11 is 0. The second-order valence-corrected chi connectivity index (χ2v) is 1.78. The van der Waals surface area contributed by atoms with Gasteiger partial charge >= 0.3 is 10.4 Å². The molecule has 66 valence electrons. The Bertz CT molecular complexity index is 119. The zero-order valence-corrected chi connectivity index (χ0v) is 6.92. The molecule has 0 fully saturated rings. The Labute approximate surface area is 60.5 Å². The summed E-state index contributed by atoms with van der Waals surface area (Å²) in [6.45, 7) is 4.00. The highest BCUT2D eigenvalue weighted by Gasteiger charge is 1.93. The maximum atomic E-state index is 9.33. The predicted molar refractivity (Wildman–Crippen MR) is 35.9 cm³/mol. The van der Waals surface area contributed by atoms with Gasteiger partial charge in [0.1, 0.15) is 0 Å². The first-order valence-electron chi connectivity index (χ1n) is 2.35. The molecule has 0 amide bonds. The van der Waals surface area contributed by atoms with Crippen LogP contribution in [0.15, 0.2) is 0 Å². The van der Waals surface area contributed by atoms with Crippen molar-refractivity contribution >= 4 is 10.4 Å². The highest BCUT2D eigenvalue weighted by atomic mass is 32.3. The van der Waals surface area contributed by atoms with E-state index in [0.717, 1.165) is 7.11 Å². The van der Waals surface area contributed by atoms with E-state index in [2.05, 4.69) is 10.1 Å². The molecule has 0 radical (unpaired) electrons. The molecule has 0 heterocycles. The summed E-state index contributed by atoms with van der Waals surface area (Å²) in [5.74, 6) is 3.50. The lowest BCUT2D eigenvalue weighted by Gasteiger charge is -1.82. The predicted octanol–water partition coefficient (Wildman–Crippen LogP) is -0.204. The van der Waals surface area contributed by atoms with Gasteiger partial charge in [-0.25, -0.2) is 5.90 Å². The van der Waals surface area contributed by atoms with Crippen molar-refractivity contribution in [3.8, 4) is 0 Å². The zero-order valence-electron chi connectivity index (χ0n) is 6.10. The van der Waals surface area contributed by atoms with Gasteiger partial charge in [-0.2, -0.15) is 8.42 Å². The third kappa shape index (κ3) is 46.1. The van der Waals surface area contributed by atoms with E-state index in [0.29, 0.717) is 0 Å². The lowest BCUT2D eigenvalue weighted by Crippen LogP contribution is -1.96. The molecule has 7 heteroatoms. The topological polar surface area (TPSA) is 110 Å². The van der Waals surface area contributed by atoms with Crippen molar-refractivity contribution < 1.29 is 22.4 Å². The second kappa shape index (κ2) is 11.6. The number of nitrogens with two attached hydrogens (primary N) is 1. The molecule has 0 saturated heterocycles. The summed E-state index contributed by atoms with van der Waals surface area (Å²) in [6.07, 6.45) is 0. The van der Waals surface area contributed by atoms with Crippen LogP contribution in [0.2, 0.25) is 0 Å². The Morgan fingerprint density at radius 3 is 1.40 bits per heavy atom. The number of rotatable bonds is 1. The molecule has 0 aliphatic rings. The molecule has 6 nitrogen and oxygen atoms in total. The molecule has 0 aliphatic carbocycles. The highest BCUT2D eigenvalue weighted by Crippen LogP contribution is 1.74. The SMILES string of the molecule is CC.COS(=O)(=O)O.NO. The summed E-state index contributed by atoms with van der Waals surface area (Å²) in [4.78, 5) is 0. The molecule has 0 spiro atoms. The van der Waals surface area contributed by atoms with Crippen LogP contribution in [0, 0.1) is 0 Å². The molecule has 0 rings (SSSR count). The van der Waals surface area contributed by atoms with E-state index in [1.807, 2.05) is 13.8 Å². The van der Waals surface area contributed by atoms with Gasteiger partial charge in [0.05, 0.1) is 7.11 Å². The molecule has 0 aliphatic heterocycles. The molecule has 0 aromatic rings. The van der Waals surface area contributed by atoms with Crippen LogP contribution in [0.5, 0.6) is 0 Å². The first-order valence-corrected chi connectivity index (χ1v) is 3.71. The van der Waals surface area contributed by atoms with Gasteiger partial charge in [-0.05, 0) is 0 Å². The lowest BCUT2D eigenvalue weighted by atomic mass is 11.0. The first-order chi connectivity index (χ1) is 4.56. The molecule has 4 N–H and O–H groups in total. The van der Waals surface area contributed by atoms with Gasteiger partial charge in [0.25, 0.3) is 0 Å². The lowest BCUT2D eigenvalue weighted by molar-refractivity contribution is 0.311. The smallest absolute Gasteiger partial charge is 0.320 e. The Balaban J connectivity index is -0.000000105. The van der Waals surface area contributed by atoms with Gasteiger partial charge in [0.15, 0.2) is 0 Å². The molecule has 10 heavy (non-hydrogen) atoms. The molecule has 0 bridgehead atoms. The molecule has 0 aromatic carbocycles. The minimum Gasteiger partial charge on any atom is -0.320 e. The van der Waals surface area contributed by atoms with Crippen LogP contribution in [0.4, 0.5) is 0 Å². The Morgan fingerprint density at radius 1 is 1.30 bits per heavy atom. The van der Waals surface area contributed by atoms with E-state index < -0.39 is 10.4 Å². The molecule has 0 unspecified atom stereocenters. The van der Waals surface area contributed by atoms with Gasteiger partial charge in [-0.1, -0.05) is 13.8 Å². The van der Waals surface area contributed by atoms with Crippen LogP contribution in [-0.4, -0.2) is 25.3 Å². The van der Waals surface area contributed by atoms with E-state index in [4.69, 9.17) is 9.76 Å². The van der Waals surface area contributed by atoms with Gasteiger partial charge < -0.3 is 5.21 Å². The van der Waals surface area contributed by atoms with Crippen LogP contribution in [0.3, 0.4) is 0 Å². The maximum Gasteiger partial charge on any atom is 0.397 e. The van der Waals surface area contributed by atoms with Crippen molar-refractivity contribution in [1.29, 1.82) is 0 Å². The zero-order chi connectivity index (χ0) is 9.21. The number of hydrogen-bond donors (Lipinski definition) is 3. The molecular formula is C3H13NO5S. The van der Waals surface area contributed by atoms with Crippen LogP contribution >= 0.6 is 0 Å². The fourth-order valence-corrected chi connectivity index (χ4v) is 0. The van der Waals surface area contributed by atoms with E-state index >= 15 is 0 Å². The van der Waals surface area contributed by atoms with Gasteiger partial charge in [0.2, 0.25) is 0 Å². The maximum absolute atomic E-state index is 9.33. The van der Waals surface area contributed by atoms with Gasteiger partial charge in [0, 0.05) is 0 Å². The molecule has 0 saturated carbocycles. The summed E-state index contributed by atoms with van der Waals surface area (Å²) in [5, 5.41) is 6.50. The van der Waals surface area contributed by atoms with Crippen LogP contribution in [0.1, 0.15) is 13.8 Å². The van der Waals surface area contributed by atoms with Crippen molar-refractivity contribution in [3.05, 3.63) is 0 Å². The molecule has 0 atom stereocenters. The van der Waals surface area contributed by atoms with E-state index in [1.54, 1.807) is 0 Å². The Hall–Kier alpha value is -0.210. The number of hydrogen-bond acceptors (Lipinski definition) is 5. The Kier molecular flexibility index (Phi) is 19.0. The van der Waals surface area contributed by atoms with Crippen molar-refractivity contribution in [1.82, 2.24) is 0 Å². The fraction of sp³-hybridized carbons (Fsp3) is 1.00. The average molecular weight is 175 g/mol. The van der Waals surface area contributed by atoms with E-state index in [-0.39, 0.29) is 0 Å². The summed E-state index contributed by atoms with van der Waals surface area (Å²) in [7, 11) is -3.29. The minimum atomic E-state index is -4.16. The molecular weight excluding hydrogens is 162 g/mol. The third-order valence-corrected chi connectivity index (χ3v) is 0.632. The van der Waals surface area contributed by atoms with E-state index in [1.165, 1.54) is 0 Å². The third-order valence-electron chi connectivity index (χ3n) is 0.211. The summed E-state index contributed by atoms with van der Waals surface area (Å²) < 4.78 is 29.7. The van der Waals surface area contributed by atoms with Crippen molar-refractivity contribution in [2.24, 2.45) is 5.90 Å².